The van der Waals surface area contributed by atoms with Crippen LogP contribution >= 0.6 is 11.8 Å². The molecule has 7 nitrogen and oxygen atoms in total. The molecule has 0 bridgehead atoms. The number of amides is 2. The summed E-state index contributed by atoms with van der Waals surface area (Å²) in [6.07, 6.45) is 14.0. The Morgan fingerprint density at radius 2 is 1.72 bits per heavy atom. The predicted octanol–water partition coefficient (Wildman–Crippen LogP) is 4.73. The van der Waals surface area contributed by atoms with Gasteiger partial charge in [0.05, 0.1) is 23.2 Å². The molecule has 4 heterocycles. The fourth-order valence-electron chi connectivity index (χ4n) is 7.56. The maximum absolute atomic E-state index is 14.7. The number of nitrogens with zero attached hydrogens (tertiary/aromatic N) is 2. The first-order valence-corrected chi connectivity index (χ1v) is 15.5. The summed E-state index contributed by atoms with van der Waals surface area (Å²) in [5.74, 6) is -1.78. The molecule has 2 fully saturated rings. The number of thioether (sulfide) groups is 1. The Labute approximate surface area is 238 Å². The first-order chi connectivity index (χ1) is 18.3. The molecule has 5 atom stereocenters. The maximum atomic E-state index is 14.7. The van der Waals surface area contributed by atoms with Crippen LogP contribution in [0.3, 0.4) is 0 Å². The number of hydrogen-bond acceptors (Lipinski definition) is 6. The molecule has 2 saturated heterocycles. The van der Waals surface area contributed by atoms with Gasteiger partial charge in [0.2, 0.25) is 11.8 Å². The molecule has 0 aliphatic carbocycles. The van der Waals surface area contributed by atoms with Crippen LogP contribution in [0.15, 0.2) is 24.3 Å². The normalized spacial score (nSPS) is 34.0. The monoisotopic (exact) mass is 560 g/mol. The zero-order valence-electron chi connectivity index (χ0n) is 24.7. The van der Waals surface area contributed by atoms with Gasteiger partial charge < -0.3 is 19.6 Å². The van der Waals surface area contributed by atoms with Crippen LogP contribution in [0.4, 0.5) is 0 Å². The van der Waals surface area contributed by atoms with Crippen LogP contribution in [0.5, 0.6) is 0 Å². The number of esters is 1. The van der Waals surface area contributed by atoms with Gasteiger partial charge in [-0.3, -0.25) is 14.4 Å². The van der Waals surface area contributed by atoms with Crippen LogP contribution in [-0.2, 0) is 19.1 Å². The van der Waals surface area contributed by atoms with Crippen molar-refractivity contribution < 1.29 is 24.2 Å². The Kier molecular flexibility index (Phi) is 8.69. The molecule has 0 radical (unpaired) electrons. The summed E-state index contributed by atoms with van der Waals surface area (Å²) in [5, 5.41) is 9.18. The molecule has 4 aliphatic heterocycles. The quantitative estimate of drug-likeness (QED) is 0.262. The zero-order chi connectivity index (χ0) is 28.6. The molecule has 1 spiro atoms. The third-order valence-corrected chi connectivity index (χ3v) is 10.5. The van der Waals surface area contributed by atoms with Crippen molar-refractivity contribution >= 4 is 29.5 Å². The number of hydrogen-bond donors (Lipinski definition) is 1. The van der Waals surface area contributed by atoms with Gasteiger partial charge in [-0.05, 0) is 58.3 Å². The summed E-state index contributed by atoms with van der Waals surface area (Å²) in [4.78, 5) is 46.4. The van der Waals surface area contributed by atoms with E-state index in [1.807, 2.05) is 11.8 Å². The van der Waals surface area contributed by atoms with E-state index in [1.165, 1.54) is 0 Å². The summed E-state index contributed by atoms with van der Waals surface area (Å²) in [6, 6.07) is -0.677. The minimum Gasteiger partial charge on any atom is -0.465 e. The van der Waals surface area contributed by atoms with E-state index in [0.29, 0.717) is 19.7 Å². The average Bonchev–Trinajstić information content (AvgIpc) is 3.16. The number of unbranched alkanes of at least 4 members (excludes halogenated alkanes) is 3. The second kappa shape index (κ2) is 11.2. The molecule has 4 rings (SSSR count). The summed E-state index contributed by atoms with van der Waals surface area (Å²) in [6.45, 7) is 14.3. The van der Waals surface area contributed by atoms with E-state index in [4.69, 9.17) is 4.74 Å². The molecule has 39 heavy (non-hydrogen) atoms. The van der Waals surface area contributed by atoms with Gasteiger partial charge in [-0.15, -0.1) is 11.8 Å². The van der Waals surface area contributed by atoms with Crippen molar-refractivity contribution in [3.8, 4) is 0 Å². The predicted molar refractivity (Wildman–Crippen MR) is 155 cm³/mol. The number of allylic oxidation sites excluding steroid dienone is 1. The molecule has 1 N–H and O–H groups in total. The average molecular weight is 561 g/mol. The highest BCUT2D eigenvalue weighted by Gasteiger charge is 2.74. The van der Waals surface area contributed by atoms with Crippen molar-refractivity contribution in [2.45, 2.75) is 108 Å². The summed E-state index contributed by atoms with van der Waals surface area (Å²) < 4.78 is 4.23. The van der Waals surface area contributed by atoms with E-state index < -0.39 is 32.9 Å². The Morgan fingerprint density at radius 3 is 2.41 bits per heavy atom. The lowest BCUT2D eigenvalue weighted by atomic mass is 9.74. The van der Waals surface area contributed by atoms with Crippen molar-refractivity contribution in [2.75, 3.05) is 26.3 Å². The Balaban J connectivity index is 1.78. The lowest BCUT2D eigenvalue weighted by Gasteiger charge is -2.44. The van der Waals surface area contributed by atoms with Crippen LogP contribution in [0.1, 0.15) is 86.5 Å². The molecule has 2 amide bonds. The summed E-state index contributed by atoms with van der Waals surface area (Å²) >= 11 is 1.61. The summed E-state index contributed by atoms with van der Waals surface area (Å²) in [5.41, 5.74) is -0.392. The number of fused-ring (bicyclic) bond motifs is 2. The first-order valence-electron chi connectivity index (χ1n) is 14.7. The lowest BCUT2D eigenvalue weighted by molar-refractivity contribution is -0.154. The molecular weight excluding hydrogens is 512 g/mol. The van der Waals surface area contributed by atoms with Gasteiger partial charge in [-0.1, -0.05) is 57.9 Å². The number of cyclic esters (lactones) is 1. The van der Waals surface area contributed by atoms with E-state index >= 15 is 0 Å². The van der Waals surface area contributed by atoms with Crippen molar-refractivity contribution in [1.82, 2.24) is 9.80 Å². The zero-order valence-corrected chi connectivity index (χ0v) is 25.5. The van der Waals surface area contributed by atoms with E-state index in [0.717, 1.165) is 44.9 Å². The molecule has 0 aromatic carbocycles. The van der Waals surface area contributed by atoms with Gasteiger partial charge in [0.1, 0.15) is 6.04 Å². The molecule has 1 unspecified atom stereocenters. The minimum absolute atomic E-state index is 0.0198. The van der Waals surface area contributed by atoms with Crippen molar-refractivity contribution in [3.63, 3.8) is 0 Å². The molecule has 4 aliphatic rings. The first kappa shape index (κ1) is 30.2. The maximum Gasteiger partial charge on any atom is 0.311 e. The SMILES string of the molecule is CC(C)(C)CC(C)(C)N1CC=C[C@]23S[C@@]4(C)/C=C\CCCOC(=O)[C@H]4[C@H]2C(=O)N(CCCCCCO)C3C1=O. The number of aliphatic hydroxyl groups excluding tert-OH is 1. The second-order valence-electron chi connectivity index (χ2n) is 13.8. The van der Waals surface area contributed by atoms with Gasteiger partial charge in [-0.2, -0.15) is 0 Å². The van der Waals surface area contributed by atoms with Gasteiger partial charge >= 0.3 is 5.97 Å². The van der Waals surface area contributed by atoms with Crippen molar-refractivity contribution in [1.29, 1.82) is 0 Å². The van der Waals surface area contributed by atoms with Gasteiger partial charge in [-0.25, -0.2) is 0 Å². The third kappa shape index (κ3) is 5.70. The third-order valence-electron chi connectivity index (χ3n) is 8.75. The Hall–Kier alpha value is -1.80. The standard InChI is InChI=1S/C31H48N2O5S/c1-28(2,3)21-29(4,5)33-18-14-16-31-22(23-27(37)38-20-13-9-10-15-30(23,6)39-31)25(35)32(24(31)26(33)36)17-11-7-8-12-19-34/h10,14-16,22-24,34H,7-9,11-13,17-21H2,1-6H3/b15-10-/t22-,23+,24?,30-,31-/m0/s1. The molecular formula is C31H48N2O5S. The number of ether oxygens (including phenoxy) is 1. The van der Waals surface area contributed by atoms with Gasteiger partial charge in [0.15, 0.2) is 0 Å². The highest BCUT2D eigenvalue weighted by atomic mass is 32.2. The molecule has 0 saturated carbocycles. The highest BCUT2D eigenvalue weighted by molar-refractivity contribution is 8.02. The van der Waals surface area contributed by atoms with Gasteiger partial charge in [0.25, 0.3) is 0 Å². The highest BCUT2D eigenvalue weighted by Crippen LogP contribution is 2.65. The Bertz CT molecular complexity index is 1020. The van der Waals surface area contributed by atoms with Crippen LogP contribution in [0, 0.1) is 17.3 Å². The fourth-order valence-corrected chi connectivity index (χ4v) is 9.71. The fraction of sp³-hybridized carbons (Fsp3) is 0.774. The minimum atomic E-state index is -0.839. The number of carbonyl (C=O) groups excluding carboxylic acids is 3. The van der Waals surface area contributed by atoms with Crippen molar-refractivity contribution in [2.24, 2.45) is 17.3 Å². The smallest absolute Gasteiger partial charge is 0.311 e. The molecule has 8 heteroatoms. The van der Waals surface area contributed by atoms with Crippen LogP contribution in [-0.4, -0.2) is 80.1 Å². The van der Waals surface area contributed by atoms with Crippen LogP contribution < -0.4 is 0 Å². The van der Waals surface area contributed by atoms with E-state index in [-0.39, 0.29) is 29.8 Å². The van der Waals surface area contributed by atoms with E-state index in [9.17, 15) is 19.5 Å². The number of rotatable bonds is 8. The summed E-state index contributed by atoms with van der Waals surface area (Å²) in [7, 11) is 0. The second-order valence-corrected chi connectivity index (χ2v) is 15.6. The largest absolute Gasteiger partial charge is 0.465 e. The lowest BCUT2D eigenvalue weighted by Crippen LogP contribution is -2.58. The number of aliphatic hydroxyl groups is 1. The Morgan fingerprint density at radius 1 is 1.00 bits per heavy atom. The number of carbonyl (C=O) groups is 3. The van der Waals surface area contributed by atoms with Crippen LogP contribution in [0.2, 0.25) is 0 Å². The van der Waals surface area contributed by atoms with Crippen LogP contribution in [0.25, 0.3) is 0 Å². The molecule has 218 valence electrons. The van der Waals surface area contributed by atoms with Crippen molar-refractivity contribution in [3.05, 3.63) is 24.3 Å². The van der Waals surface area contributed by atoms with E-state index in [1.54, 1.807) is 16.7 Å². The number of likely N-dealkylation sites (tertiary alicyclic amines) is 1. The van der Waals surface area contributed by atoms with Gasteiger partial charge in [0, 0.05) is 30.0 Å². The molecule has 0 aromatic rings. The van der Waals surface area contributed by atoms with E-state index in [2.05, 4.69) is 58.9 Å². The molecule has 0 aromatic heterocycles. The topological polar surface area (TPSA) is 87.2 Å².